The second-order valence-electron chi connectivity index (χ2n) is 7.06. The number of hydrogen-bond acceptors (Lipinski definition) is 6. The lowest BCUT2D eigenvalue weighted by molar-refractivity contribution is 0.0359. The van der Waals surface area contributed by atoms with Crippen LogP contribution in [0.5, 0.6) is 0 Å². The summed E-state index contributed by atoms with van der Waals surface area (Å²) in [6.07, 6.45) is 2.24. The van der Waals surface area contributed by atoms with Gasteiger partial charge in [-0.2, -0.15) is 10.4 Å². The van der Waals surface area contributed by atoms with Crippen molar-refractivity contribution in [1.29, 1.82) is 5.26 Å². The molecule has 1 unspecified atom stereocenters. The maximum atomic E-state index is 12.5. The van der Waals surface area contributed by atoms with Gasteiger partial charge in [0.05, 0.1) is 30.2 Å². The number of nitrogens with zero attached hydrogens (tertiary/aromatic N) is 3. The third-order valence-electron chi connectivity index (χ3n) is 5.14. The Morgan fingerprint density at radius 2 is 2.18 bits per heavy atom. The van der Waals surface area contributed by atoms with Gasteiger partial charge < -0.3 is 20.8 Å². The molecule has 4 N–H and O–H groups in total. The maximum Gasteiger partial charge on any atom is 0.261 e. The molecule has 2 aromatic heterocycles. The van der Waals surface area contributed by atoms with Crippen molar-refractivity contribution in [1.82, 2.24) is 14.8 Å². The summed E-state index contributed by atoms with van der Waals surface area (Å²) in [5.74, 6) is 0.238. The van der Waals surface area contributed by atoms with Crippen molar-refractivity contribution >= 4 is 22.4 Å². The highest BCUT2D eigenvalue weighted by Crippen LogP contribution is 2.31. The van der Waals surface area contributed by atoms with Crippen LogP contribution in [0.25, 0.3) is 10.9 Å². The summed E-state index contributed by atoms with van der Waals surface area (Å²) in [7, 11) is 0. The highest BCUT2D eigenvalue weighted by molar-refractivity contribution is 5.91. The molecule has 0 aliphatic carbocycles. The summed E-state index contributed by atoms with van der Waals surface area (Å²) in [6.45, 7) is 2.88. The van der Waals surface area contributed by atoms with Gasteiger partial charge in [0.2, 0.25) is 0 Å². The van der Waals surface area contributed by atoms with E-state index in [0.29, 0.717) is 36.4 Å². The van der Waals surface area contributed by atoms with E-state index in [-0.39, 0.29) is 23.6 Å². The molecule has 3 heterocycles. The molecule has 0 bridgehead atoms. The van der Waals surface area contributed by atoms with E-state index in [1.54, 1.807) is 16.9 Å². The molecule has 1 aliphatic rings. The fourth-order valence-corrected chi connectivity index (χ4v) is 3.56. The molecule has 8 nitrogen and oxygen atoms in total. The Labute approximate surface area is 161 Å². The van der Waals surface area contributed by atoms with Gasteiger partial charge in [-0.1, -0.05) is 12.1 Å². The fraction of sp³-hybridized carbons (Fsp3) is 0.350. The molecular weight excluding hydrogens is 356 g/mol. The van der Waals surface area contributed by atoms with Gasteiger partial charge in [-0.25, -0.2) is 0 Å². The molecular formula is C20H22N6O2. The number of hydrogen-bond donors (Lipinski definition) is 3. The van der Waals surface area contributed by atoms with Gasteiger partial charge in [-0.3, -0.25) is 9.48 Å². The number of nitrogens with two attached hydrogens (primary N) is 1. The molecule has 144 valence electrons. The van der Waals surface area contributed by atoms with Crippen molar-refractivity contribution in [3.8, 4) is 6.07 Å². The number of benzene rings is 1. The van der Waals surface area contributed by atoms with Crippen molar-refractivity contribution in [3.05, 3.63) is 52.4 Å². The Kier molecular flexibility index (Phi) is 4.86. The summed E-state index contributed by atoms with van der Waals surface area (Å²) in [5, 5.41) is 17.9. The maximum absolute atomic E-state index is 12.5. The Hall–Kier alpha value is -3.15. The van der Waals surface area contributed by atoms with Crippen molar-refractivity contribution in [2.24, 2.45) is 11.7 Å². The van der Waals surface area contributed by atoms with Gasteiger partial charge in [-0.05, 0) is 37.1 Å². The largest absolute Gasteiger partial charge is 0.379 e. The van der Waals surface area contributed by atoms with Crippen LogP contribution in [-0.2, 0) is 4.74 Å². The van der Waals surface area contributed by atoms with Crippen LogP contribution in [0.1, 0.15) is 31.0 Å². The molecule has 1 saturated heterocycles. The Balaban J connectivity index is 1.76. The summed E-state index contributed by atoms with van der Waals surface area (Å²) in [6, 6.07) is 11.6. The van der Waals surface area contributed by atoms with Crippen molar-refractivity contribution in [2.45, 2.75) is 25.4 Å². The molecule has 0 radical (unpaired) electrons. The van der Waals surface area contributed by atoms with Gasteiger partial charge in [-0.15, -0.1) is 0 Å². The monoisotopic (exact) mass is 378 g/mol. The number of nitrogens with one attached hydrogen (secondary N) is 2. The van der Waals surface area contributed by atoms with Gasteiger partial charge >= 0.3 is 0 Å². The normalized spacial score (nSPS) is 20.6. The van der Waals surface area contributed by atoms with Crippen molar-refractivity contribution in [2.75, 3.05) is 18.5 Å². The van der Waals surface area contributed by atoms with Crippen LogP contribution < -0.4 is 16.6 Å². The molecule has 3 atom stereocenters. The molecule has 4 rings (SSSR count). The summed E-state index contributed by atoms with van der Waals surface area (Å²) in [4.78, 5) is 15.2. The Bertz CT molecular complexity index is 1080. The van der Waals surface area contributed by atoms with Crippen LogP contribution in [0.15, 0.2) is 41.3 Å². The lowest BCUT2D eigenvalue weighted by Crippen LogP contribution is -2.30. The standard InChI is InChI=1S/C20H22N6O2/c1-12(22)13-2-4-15(5-3-13)24-19-18-16(6-8-23-20(18)27)26(25-19)17-11-28-9-7-14(17)10-21/h2-6,8,12,14,17H,7,9,11,22H2,1H3,(H,23,27)(H,24,25)/t12?,14-,17+/m1/s1. The molecule has 0 amide bonds. The smallest absolute Gasteiger partial charge is 0.261 e. The highest BCUT2D eigenvalue weighted by atomic mass is 16.5. The van der Waals surface area contributed by atoms with Crippen LogP contribution >= 0.6 is 0 Å². The van der Waals surface area contributed by atoms with Crippen LogP contribution in [0.2, 0.25) is 0 Å². The Morgan fingerprint density at radius 1 is 1.39 bits per heavy atom. The second kappa shape index (κ2) is 7.46. The van der Waals surface area contributed by atoms with Crippen molar-refractivity contribution in [3.63, 3.8) is 0 Å². The first-order valence-corrected chi connectivity index (χ1v) is 9.28. The minimum absolute atomic E-state index is 0.0499. The SMILES string of the molecule is CC(N)c1ccc(Nc2nn([C@H]3COCC[C@@H]3C#N)c3cc[nH]c(=O)c23)cc1. The first-order valence-electron chi connectivity index (χ1n) is 9.28. The van der Waals surface area contributed by atoms with E-state index in [0.717, 1.165) is 11.3 Å². The first kappa shape index (κ1) is 18.2. The van der Waals surface area contributed by atoms with Gasteiger partial charge in [0.25, 0.3) is 5.56 Å². The summed E-state index contributed by atoms with van der Waals surface area (Å²) < 4.78 is 7.33. The molecule has 8 heteroatoms. The van der Waals surface area contributed by atoms with E-state index < -0.39 is 0 Å². The number of fused-ring (bicyclic) bond motifs is 1. The molecule has 0 spiro atoms. The third-order valence-corrected chi connectivity index (χ3v) is 5.14. The van der Waals surface area contributed by atoms with E-state index in [9.17, 15) is 10.1 Å². The first-order chi connectivity index (χ1) is 13.6. The number of ether oxygens (including phenoxy) is 1. The van der Waals surface area contributed by atoms with E-state index in [1.165, 1.54) is 0 Å². The molecule has 3 aromatic rings. The number of H-pyrrole nitrogens is 1. The van der Waals surface area contributed by atoms with E-state index in [1.807, 2.05) is 31.2 Å². The van der Waals surface area contributed by atoms with Crippen LogP contribution in [0.4, 0.5) is 11.5 Å². The number of aromatic nitrogens is 3. The number of rotatable bonds is 4. The fourth-order valence-electron chi connectivity index (χ4n) is 3.56. The quantitative estimate of drug-likeness (QED) is 0.641. The number of anilines is 2. The van der Waals surface area contributed by atoms with Gasteiger partial charge in [0, 0.05) is 24.5 Å². The predicted octanol–water partition coefficient (Wildman–Crippen LogP) is 2.59. The zero-order valence-corrected chi connectivity index (χ0v) is 15.6. The number of nitriles is 1. The molecule has 1 aromatic carbocycles. The Morgan fingerprint density at radius 3 is 2.89 bits per heavy atom. The average Bonchev–Trinajstić information content (AvgIpc) is 3.08. The summed E-state index contributed by atoms with van der Waals surface area (Å²) in [5.41, 5.74) is 8.17. The molecule has 1 fully saturated rings. The third kappa shape index (κ3) is 3.26. The van der Waals surface area contributed by atoms with Gasteiger partial charge in [0.15, 0.2) is 5.82 Å². The highest BCUT2D eigenvalue weighted by Gasteiger charge is 2.30. The lowest BCUT2D eigenvalue weighted by Gasteiger charge is -2.27. The zero-order valence-electron chi connectivity index (χ0n) is 15.6. The minimum Gasteiger partial charge on any atom is -0.379 e. The van der Waals surface area contributed by atoms with Crippen LogP contribution in [0.3, 0.4) is 0 Å². The number of aromatic amines is 1. The average molecular weight is 378 g/mol. The predicted molar refractivity (Wildman–Crippen MR) is 106 cm³/mol. The van der Waals surface area contributed by atoms with Crippen molar-refractivity contribution < 1.29 is 4.74 Å². The lowest BCUT2D eigenvalue weighted by atomic mass is 9.96. The van der Waals surface area contributed by atoms with Gasteiger partial charge in [0.1, 0.15) is 5.39 Å². The van der Waals surface area contributed by atoms with Crippen LogP contribution in [-0.4, -0.2) is 28.0 Å². The zero-order chi connectivity index (χ0) is 19.7. The second-order valence-corrected chi connectivity index (χ2v) is 7.06. The van der Waals surface area contributed by atoms with E-state index >= 15 is 0 Å². The molecule has 28 heavy (non-hydrogen) atoms. The molecule has 1 aliphatic heterocycles. The van der Waals surface area contributed by atoms with E-state index in [2.05, 4.69) is 21.5 Å². The molecule has 0 saturated carbocycles. The number of pyridine rings is 1. The topological polar surface area (TPSA) is 122 Å². The van der Waals surface area contributed by atoms with Crippen LogP contribution in [0, 0.1) is 17.2 Å². The minimum atomic E-state index is -0.237. The summed E-state index contributed by atoms with van der Waals surface area (Å²) >= 11 is 0. The van der Waals surface area contributed by atoms with E-state index in [4.69, 9.17) is 10.5 Å².